The van der Waals surface area contributed by atoms with Crippen molar-refractivity contribution in [2.24, 2.45) is 0 Å². The van der Waals surface area contributed by atoms with Crippen molar-refractivity contribution < 1.29 is 13.9 Å². The number of carbonyl (C=O) groups is 1. The third kappa shape index (κ3) is 4.13. The number of hydrogen-bond donors (Lipinski definition) is 0. The van der Waals surface area contributed by atoms with E-state index in [9.17, 15) is 4.79 Å². The van der Waals surface area contributed by atoms with Crippen LogP contribution >= 0.6 is 0 Å². The Labute approximate surface area is 119 Å². The number of carbonyl (C=O) groups excluding carboxylic acids is 1. The molecule has 5 heteroatoms. The molecule has 0 saturated carbocycles. The van der Waals surface area contributed by atoms with Crippen molar-refractivity contribution in [1.82, 2.24) is 9.80 Å². The minimum atomic E-state index is -0.0528. The molecule has 0 atom stereocenters. The molecule has 1 aliphatic rings. The molecular weight excluding hydrogens is 256 g/mol. The monoisotopic (exact) mass is 278 g/mol. The average Bonchev–Trinajstić information content (AvgIpc) is 2.96. The van der Waals surface area contributed by atoms with Crippen LogP contribution in [0.15, 0.2) is 34.6 Å². The molecule has 1 aliphatic heterocycles. The Morgan fingerprint density at radius 2 is 2.20 bits per heavy atom. The molecule has 1 amide bonds. The first kappa shape index (κ1) is 14.7. The molecule has 1 aromatic rings. The summed E-state index contributed by atoms with van der Waals surface area (Å²) >= 11 is 0. The van der Waals surface area contributed by atoms with E-state index >= 15 is 0 Å². The molecular formula is C15H22N2O3. The number of nitrogens with zero attached hydrogens (tertiary/aromatic N) is 2. The third-order valence-corrected chi connectivity index (χ3v) is 3.18. The summed E-state index contributed by atoms with van der Waals surface area (Å²) in [5.74, 6) is 1.21. The molecule has 2 heterocycles. The summed E-state index contributed by atoms with van der Waals surface area (Å²) in [6.07, 6.45) is 5.40. The number of allylic oxidation sites excluding steroid dienone is 1. The minimum absolute atomic E-state index is 0.0528. The molecule has 0 radical (unpaired) electrons. The van der Waals surface area contributed by atoms with Crippen LogP contribution in [0, 0.1) is 0 Å². The van der Waals surface area contributed by atoms with Crippen LogP contribution in [0.3, 0.4) is 0 Å². The number of amides is 1. The molecule has 2 rings (SSSR count). The largest absolute Gasteiger partial charge is 0.488 e. The van der Waals surface area contributed by atoms with Crippen molar-refractivity contribution in [2.45, 2.75) is 19.4 Å². The summed E-state index contributed by atoms with van der Waals surface area (Å²) in [7, 11) is 3.98. The maximum atomic E-state index is 12.5. The van der Waals surface area contributed by atoms with Gasteiger partial charge in [-0.25, -0.2) is 0 Å². The second-order valence-electron chi connectivity index (χ2n) is 5.17. The molecule has 0 fully saturated rings. The zero-order valence-electron chi connectivity index (χ0n) is 12.2. The molecule has 1 aromatic heterocycles. The molecule has 0 aromatic carbocycles. The van der Waals surface area contributed by atoms with Gasteiger partial charge in [-0.3, -0.25) is 4.79 Å². The van der Waals surface area contributed by atoms with Gasteiger partial charge in [0.15, 0.2) is 5.76 Å². The van der Waals surface area contributed by atoms with E-state index in [4.69, 9.17) is 9.15 Å². The summed E-state index contributed by atoms with van der Waals surface area (Å²) in [6.45, 7) is 2.55. The lowest BCUT2D eigenvalue weighted by Crippen LogP contribution is -2.37. The van der Waals surface area contributed by atoms with Crippen molar-refractivity contribution in [3.8, 4) is 0 Å². The first-order chi connectivity index (χ1) is 9.66. The van der Waals surface area contributed by atoms with Gasteiger partial charge in [0.2, 0.25) is 0 Å². The Hall–Kier alpha value is -1.75. The van der Waals surface area contributed by atoms with Crippen molar-refractivity contribution in [3.05, 3.63) is 36.0 Å². The van der Waals surface area contributed by atoms with Crippen LogP contribution in [0.4, 0.5) is 0 Å². The highest BCUT2D eigenvalue weighted by molar-refractivity contribution is 5.91. The van der Waals surface area contributed by atoms with E-state index in [1.165, 1.54) is 0 Å². The molecule has 5 nitrogen and oxygen atoms in total. The molecule has 0 aliphatic carbocycles. The van der Waals surface area contributed by atoms with E-state index in [0.29, 0.717) is 25.5 Å². The first-order valence-electron chi connectivity index (χ1n) is 6.96. The van der Waals surface area contributed by atoms with Gasteiger partial charge < -0.3 is 19.0 Å². The van der Waals surface area contributed by atoms with Crippen LogP contribution in [0.2, 0.25) is 0 Å². The Balaban J connectivity index is 2.04. The number of likely N-dealkylation sites (N-methyl/N-ethyl adjacent to an activating group) is 1. The van der Waals surface area contributed by atoms with Crippen LogP contribution < -0.4 is 0 Å². The Morgan fingerprint density at radius 3 is 2.80 bits per heavy atom. The highest BCUT2D eigenvalue weighted by atomic mass is 16.5. The quantitative estimate of drug-likeness (QED) is 0.797. The van der Waals surface area contributed by atoms with Crippen molar-refractivity contribution in [3.63, 3.8) is 0 Å². The van der Waals surface area contributed by atoms with E-state index in [0.717, 1.165) is 25.1 Å². The van der Waals surface area contributed by atoms with E-state index in [-0.39, 0.29) is 5.91 Å². The predicted molar refractivity (Wildman–Crippen MR) is 75.9 cm³/mol. The molecule has 0 unspecified atom stereocenters. The molecule has 0 N–H and O–H groups in total. The van der Waals surface area contributed by atoms with Gasteiger partial charge in [-0.1, -0.05) is 0 Å². The van der Waals surface area contributed by atoms with Gasteiger partial charge in [0.1, 0.15) is 5.76 Å². The van der Waals surface area contributed by atoms with Gasteiger partial charge in [-0.2, -0.15) is 0 Å². The molecule has 20 heavy (non-hydrogen) atoms. The molecule has 0 saturated heterocycles. The number of rotatable bonds is 6. The predicted octanol–water partition coefficient (Wildman–Crippen LogP) is 1.86. The fraction of sp³-hybridized carbons (Fsp3) is 0.533. The molecule has 0 bridgehead atoms. The Kier molecular flexibility index (Phi) is 5.24. The smallest absolute Gasteiger partial charge is 0.289 e. The normalized spacial score (nSPS) is 14.8. The zero-order chi connectivity index (χ0) is 14.4. The summed E-state index contributed by atoms with van der Waals surface area (Å²) in [4.78, 5) is 16.3. The van der Waals surface area contributed by atoms with Gasteiger partial charge in [0.05, 0.1) is 19.4 Å². The number of ether oxygens (including phenoxy) is 1. The fourth-order valence-corrected chi connectivity index (χ4v) is 2.03. The summed E-state index contributed by atoms with van der Waals surface area (Å²) in [6, 6.07) is 3.71. The maximum Gasteiger partial charge on any atom is 0.289 e. The van der Waals surface area contributed by atoms with Crippen molar-refractivity contribution in [2.75, 3.05) is 33.8 Å². The van der Waals surface area contributed by atoms with Crippen molar-refractivity contribution in [1.29, 1.82) is 0 Å². The summed E-state index contributed by atoms with van der Waals surface area (Å²) in [5, 5.41) is 0. The summed E-state index contributed by atoms with van der Waals surface area (Å²) in [5.41, 5.74) is 0. The van der Waals surface area contributed by atoms with E-state index < -0.39 is 0 Å². The topological polar surface area (TPSA) is 45.9 Å². The molecule has 110 valence electrons. The summed E-state index contributed by atoms with van der Waals surface area (Å²) < 4.78 is 10.8. The number of hydrogen-bond acceptors (Lipinski definition) is 4. The van der Waals surface area contributed by atoms with Crippen LogP contribution in [-0.2, 0) is 16.1 Å². The second kappa shape index (κ2) is 7.14. The lowest BCUT2D eigenvalue weighted by molar-refractivity contribution is -0.132. The number of furan rings is 1. The van der Waals surface area contributed by atoms with Crippen molar-refractivity contribution >= 4 is 5.91 Å². The highest BCUT2D eigenvalue weighted by Gasteiger charge is 2.22. The van der Waals surface area contributed by atoms with Crippen LogP contribution in [0.5, 0.6) is 0 Å². The third-order valence-electron chi connectivity index (χ3n) is 3.18. The van der Waals surface area contributed by atoms with Gasteiger partial charge in [0, 0.05) is 13.1 Å². The van der Waals surface area contributed by atoms with E-state index in [2.05, 4.69) is 4.90 Å². The lowest BCUT2D eigenvalue weighted by Gasteiger charge is -2.25. The maximum absolute atomic E-state index is 12.5. The van der Waals surface area contributed by atoms with Crippen LogP contribution in [0.1, 0.15) is 18.6 Å². The standard InChI is InChI=1S/C15H22N2O3/c1-16(2)8-9-17(12-13-6-5-11-19-13)15(18)14-7-3-4-10-20-14/h5-7,11H,3-4,8-10,12H2,1-2H3. The Bertz CT molecular complexity index is 452. The first-order valence-corrected chi connectivity index (χ1v) is 6.96. The van der Waals surface area contributed by atoms with Gasteiger partial charge >= 0.3 is 0 Å². The SMILES string of the molecule is CN(C)CCN(Cc1ccco1)C(=O)C1=CCCCO1. The average molecular weight is 278 g/mol. The van der Waals surface area contributed by atoms with Gasteiger partial charge in [-0.15, -0.1) is 0 Å². The minimum Gasteiger partial charge on any atom is -0.488 e. The lowest BCUT2D eigenvalue weighted by atomic mass is 10.2. The van der Waals surface area contributed by atoms with Crippen LogP contribution in [-0.4, -0.2) is 49.5 Å². The Morgan fingerprint density at radius 1 is 1.35 bits per heavy atom. The van der Waals surface area contributed by atoms with Gasteiger partial charge in [-0.05, 0) is 45.1 Å². The fourth-order valence-electron chi connectivity index (χ4n) is 2.03. The van der Waals surface area contributed by atoms with Gasteiger partial charge in [0.25, 0.3) is 5.91 Å². The van der Waals surface area contributed by atoms with E-state index in [1.807, 2.05) is 32.3 Å². The van der Waals surface area contributed by atoms with Crippen LogP contribution in [0.25, 0.3) is 0 Å². The van der Waals surface area contributed by atoms with E-state index in [1.54, 1.807) is 11.2 Å². The molecule has 0 spiro atoms. The zero-order valence-corrected chi connectivity index (χ0v) is 12.2. The second-order valence-corrected chi connectivity index (χ2v) is 5.17. The highest BCUT2D eigenvalue weighted by Crippen LogP contribution is 2.15.